The van der Waals surface area contributed by atoms with Crippen molar-refractivity contribution in [1.82, 2.24) is 10.1 Å². The number of aromatic nitrogens is 2. The number of carbonyl (C=O) groups is 2. The predicted molar refractivity (Wildman–Crippen MR) is 95.1 cm³/mol. The summed E-state index contributed by atoms with van der Waals surface area (Å²) in [5, 5.41) is 5.99. The van der Waals surface area contributed by atoms with E-state index in [0.29, 0.717) is 17.5 Å². The largest absolute Gasteiger partial charge is 0.485 e. The van der Waals surface area contributed by atoms with Gasteiger partial charge in [-0.2, -0.15) is 4.98 Å². The van der Waals surface area contributed by atoms with E-state index in [0.717, 1.165) is 12.1 Å². The molecule has 0 radical (unpaired) electrons. The maximum absolute atomic E-state index is 13.1. The van der Waals surface area contributed by atoms with Crippen LogP contribution in [0.3, 0.4) is 0 Å². The second-order valence-corrected chi connectivity index (χ2v) is 5.80. The van der Waals surface area contributed by atoms with E-state index >= 15 is 0 Å². The topological polar surface area (TPSA) is 104 Å². The second kappa shape index (κ2) is 8.91. The van der Waals surface area contributed by atoms with Gasteiger partial charge < -0.3 is 19.3 Å². The van der Waals surface area contributed by atoms with E-state index in [4.69, 9.17) is 14.0 Å². The van der Waals surface area contributed by atoms with Crippen LogP contribution >= 0.6 is 0 Å². The molecule has 29 heavy (non-hydrogen) atoms. The van der Waals surface area contributed by atoms with Crippen LogP contribution in [-0.4, -0.2) is 28.6 Å². The first-order valence-corrected chi connectivity index (χ1v) is 8.35. The first-order valence-electron chi connectivity index (χ1n) is 8.35. The molecule has 0 saturated heterocycles. The molecular weight excluding hydrogens is 388 g/mol. The monoisotopic (exact) mass is 403 g/mol. The van der Waals surface area contributed by atoms with E-state index < -0.39 is 30.1 Å². The fraction of sp³-hybridized carbons (Fsp3) is 0.158. The Balaban J connectivity index is 1.47. The molecule has 2 aromatic carbocycles. The summed E-state index contributed by atoms with van der Waals surface area (Å²) in [5.74, 6) is -2.27. The minimum Gasteiger partial charge on any atom is -0.485 e. The van der Waals surface area contributed by atoms with Gasteiger partial charge in [-0.25, -0.2) is 13.6 Å². The quantitative estimate of drug-likeness (QED) is 0.605. The Bertz CT molecular complexity index is 1020. The highest BCUT2D eigenvalue weighted by molar-refractivity contribution is 5.95. The van der Waals surface area contributed by atoms with Crippen molar-refractivity contribution in [1.29, 1.82) is 0 Å². The van der Waals surface area contributed by atoms with Crippen molar-refractivity contribution >= 4 is 17.6 Å². The second-order valence-electron chi connectivity index (χ2n) is 5.80. The molecule has 1 aromatic heterocycles. The molecule has 150 valence electrons. The number of anilines is 1. The van der Waals surface area contributed by atoms with Crippen LogP contribution in [0.25, 0.3) is 0 Å². The first kappa shape index (κ1) is 19.9. The van der Waals surface area contributed by atoms with E-state index in [1.807, 2.05) is 0 Å². The normalized spacial score (nSPS) is 10.4. The first-order chi connectivity index (χ1) is 13.9. The van der Waals surface area contributed by atoms with Crippen LogP contribution in [-0.2, 0) is 16.1 Å². The van der Waals surface area contributed by atoms with E-state index in [-0.39, 0.29) is 17.9 Å². The third-order valence-corrected chi connectivity index (χ3v) is 3.57. The molecule has 1 heterocycles. The Morgan fingerprint density at radius 1 is 1.10 bits per heavy atom. The Kier molecular flexibility index (Phi) is 6.12. The van der Waals surface area contributed by atoms with Crippen molar-refractivity contribution < 1.29 is 32.4 Å². The maximum Gasteiger partial charge on any atom is 0.338 e. The number of hydrogen-bond donors (Lipinski definition) is 1. The highest BCUT2D eigenvalue weighted by Gasteiger charge is 2.12. The van der Waals surface area contributed by atoms with Gasteiger partial charge in [0.1, 0.15) is 5.75 Å². The van der Waals surface area contributed by atoms with Gasteiger partial charge >= 0.3 is 5.97 Å². The fourth-order valence-corrected chi connectivity index (χ4v) is 2.22. The molecule has 0 aliphatic carbocycles. The van der Waals surface area contributed by atoms with Gasteiger partial charge in [-0.3, -0.25) is 4.79 Å². The van der Waals surface area contributed by atoms with Crippen LogP contribution in [0.2, 0.25) is 0 Å². The van der Waals surface area contributed by atoms with Gasteiger partial charge in [0.25, 0.3) is 5.91 Å². The number of rotatable bonds is 7. The van der Waals surface area contributed by atoms with Crippen LogP contribution in [0, 0.1) is 18.6 Å². The van der Waals surface area contributed by atoms with Crippen LogP contribution in [0.4, 0.5) is 14.5 Å². The van der Waals surface area contributed by atoms with Crippen molar-refractivity contribution in [2.45, 2.75) is 13.5 Å². The molecule has 0 aliphatic rings. The molecule has 0 spiro atoms. The number of amides is 1. The van der Waals surface area contributed by atoms with Gasteiger partial charge in [0.15, 0.2) is 24.8 Å². The standard InChI is InChI=1S/C19H15F2N3O5/c1-11-22-17(24-29-11)9-27-14-5-2-12(3-6-14)19(26)28-10-18(25)23-13-4-7-15(20)16(21)8-13/h2-8H,9-10H2,1H3,(H,23,25). The number of halogens is 2. The molecule has 1 amide bonds. The molecule has 0 saturated carbocycles. The lowest BCUT2D eigenvalue weighted by molar-refractivity contribution is -0.119. The number of nitrogens with zero attached hydrogens (tertiary/aromatic N) is 2. The molecule has 0 aliphatic heterocycles. The number of esters is 1. The van der Waals surface area contributed by atoms with Gasteiger partial charge in [0.2, 0.25) is 11.7 Å². The van der Waals surface area contributed by atoms with E-state index in [1.54, 1.807) is 19.1 Å². The molecule has 0 fully saturated rings. The van der Waals surface area contributed by atoms with Gasteiger partial charge in [-0.05, 0) is 36.4 Å². The third-order valence-electron chi connectivity index (χ3n) is 3.57. The lowest BCUT2D eigenvalue weighted by Crippen LogP contribution is -2.21. The van der Waals surface area contributed by atoms with Crippen molar-refractivity contribution in [3.05, 3.63) is 71.4 Å². The van der Waals surface area contributed by atoms with Crippen molar-refractivity contribution in [3.8, 4) is 5.75 Å². The molecular formula is C19H15F2N3O5. The zero-order chi connectivity index (χ0) is 20.8. The lowest BCUT2D eigenvalue weighted by atomic mass is 10.2. The van der Waals surface area contributed by atoms with Gasteiger partial charge in [0.05, 0.1) is 5.56 Å². The SMILES string of the molecule is Cc1nc(COc2ccc(C(=O)OCC(=O)Nc3ccc(F)c(F)c3)cc2)no1. The summed E-state index contributed by atoms with van der Waals surface area (Å²) in [5.41, 5.74) is 0.247. The lowest BCUT2D eigenvalue weighted by Gasteiger charge is -2.08. The Hall–Kier alpha value is -3.82. The molecule has 0 unspecified atom stereocenters. The molecule has 3 rings (SSSR count). The molecule has 3 aromatic rings. The number of ether oxygens (including phenoxy) is 2. The van der Waals surface area contributed by atoms with Crippen LogP contribution < -0.4 is 10.1 Å². The summed E-state index contributed by atoms with van der Waals surface area (Å²) < 4.78 is 41.2. The van der Waals surface area contributed by atoms with Crippen molar-refractivity contribution in [2.24, 2.45) is 0 Å². The van der Waals surface area contributed by atoms with Gasteiger partial charge in [0, 0.05) is 18.7 Å². The number of benzene rings is 2. The Labute approximate surface area is 163 Å². The summed E-state index contributed by atoms with van der Waals surface area (Å²) in [6, 6.07) is 8.91. The highest BCUT2D eigenvalue weighted by Crippen LogP contribution is 2.15. The van der Waals surface area contributed by atoms with Crippen LogP contribution in [0.5, 0.6) is 5.75 Å². The molecule has 1 N–H and O–H groups in total. The number of aryl methyl sites for hydroxylation is 1. The molecule has 0 atom stereocenters. The number of nitrogens with one attached hydrogen (secondary N) is 1. The zero-order valence-electron chi connectivity index (χ0n) is 15.1. The summed E-state index contributed by atoms with van der Waals surface area (Å²) in [7, 11) is 0. The molecule has 8 nitrogen and oxygen atoms in total. The predicted octanol–water partition coefficient (Wildman–Crippen LogP) is 3.03. The van der Waals surface area contributed by atoms with Crippen LogP contribution in [0.15, 0.2) is 47.0 Å². The average molecular weight is 403 g/mol. The van der Waals surface area contributed by atoms with Gasteiger partial charge in [-0.15, -0.1) is 0 Å². The summed E-state index contributed by atoms with van der Waals surface area (Å²) in [4.78, 5) is 27.8. The van der Waals surface area contributed by atoms with Crippen molar-refractivity contribution in [2.75, 3.05) is 11.9 Å². The Morgan fingerprint density at radius 3 is 2.52 bits per heavy atom. The number of carbonyl (C=O) groups excluding carboxylic acids is 2. The molecule has 0 bridgehead atoms. The average Bonchev–Trinajstić information content (AvgIpc) is 3.13. The fourth-order valence-electron chi connectivity index (χ4n) is 2.22. The highest BCUT2D eigenvalue weighted by atomic mass is 19.2. The summed E-state index contributed by atoms with van der Waals surface area (Å²) in [6.07, 6.45) is 0. The zero-order valence-corrected chi connectivity index (χ0v) is 15.1. The maximum atomic E-state index is 13.1. The number of hydrogen-bond acceptors (Lipinski definition) is 7. The summed E-state index contributed by atoms with van der Waals surface area (Å²) in [6.45, 7) is 1.17. The smallest absolute Gasteiger partial charge is 0.338 e. The van der Waals surface area contributed by atoms with E-state index in [9.17, 15) is 18.4 Å². The van der Waals surface area contributed by atoms with Crippen LogP contribution in [0.1, 0.15) is 22.1 Å². The van der Waals surface area contributed by atoms with Gasteiger partial charge in [-0.1, -0.05) is 5.16 Å². The third kappa shape index (κ3) is 5.58. The van der Waals surface area contributed by atoms with Crippen molar-refractivity contribution in [3.63, 3.8) is 0 Å². The summed E-state index contributed by atoms with van der Waals surface area (Å²) >= 11 is 0. The van der Waals surface area contributed by atoms with E-state index in [2.05, 4.69) is 15.5 Å². The minimum absolute atomic E-state index is 0.0447. The van der Waals surface area contributed by atoms with E-state index in [1.165, 1.54) is 18.2 Å². The minimum atomic E-state index is -1.10. The Morgan fingerprint density at radius 2 is 1.86 bits per heavy atom. The molecule has 10 heteroatoms.